The molecule has 6 nitrogen and oxygen atoms in total. The van der Waals surface area contributed by atoms with Crippen molar-refractivity contribution in [2.45, 2.75) is 26.9 Å². The summed E-state index contributed by atoms with van der Waals surface area (Å²) in [4.78, 5) is 39.8. The molecule has 0 aromatic heterocycles. The van der Waals surface area contributed by atoms with E-state index in [9.17, 15) is 14.4 Å². The van der Waals surface area contributed by atoms with E-state index in [-0.39, 0.29) is 23.8 Å². The van der Waals surface area contributed by atoms with Crippen LogP contribution in [0.5, 0.6) is 11.5 Å². The highest BCUT2D eigenvalue weighted by Gasteiger charge is 2.38. The van der Waals surface area contributed by atoms with E-state index >= 15 is 0 Å². The van der Waals surface area contributed by atoms with Gasteiger partial charge >= 0.3 is 0 Å². The number of ether oxygens (including phenoxy) is 2. The predicted octanol–water partition coefficient (Wildman–Crippen LogP) is 3.35. The Kier molecular flexibility index (Phi) is 5.78. The number of fused-ring (bicyclic) bond motifs is 1. The number of amides is 2. The molecule has 0 bridgehead atoms. The first-order valence-electron chi connectivity index (χ1n) is 9.29. The van der Waals surface area contributed by atoms with Crippen molar-refractivity contribution in [2.24, 2.45) is 5.92 Å². The van der Waals surface area contributed by atoms with Gasteiger partial charge in [0.2, 0.25) is 0 Å². The second-order valence-electron chi connectivity index (χ2n) is 6.89. The number of carbonyl (C=O) groups is 3. The molecule has 0 fully saturated rings. The molecule has 6 heteroatoms. The Hall–Kier alpha value is -3.15. The standard InChI is InChI=1S/C22H23NO5/c1-4-27-16-9-7-8-15(12-16)18(24)13-23-21(25)17-10-5-6-11-19(17)28-20(14(2)3)22(23)26/h5-12,14,20H,4,13H2,1-3H3/t20-/m0/s1. The fourth-order valence-electron chi connectivity index (χ4n) is 3.06. The number of ketones is 1. The minimum absolute atomic E-state index is 0.162. The van der Waals surface area contributed by atoms with Crippen molar-refractivity contribution >= 4 is 17.6 Å². The van der Waals surface area contributed by atoms with Crippen LogP contribution in [0.25, 0.3) is 0 Å². The molecule has 1 aliphatic heterocycles. The highest BCUT2D eigenvalue weighted by Crippen LogP contribution is 2.28. The molecule has 1 heterocycles. The summed E-state index contributed by atoms with van der Waals surface area (Å²) in [5.41, 5.74) is 0.654. The van der Waals surface area contributed by atoms with E-state index in [2.05, 4.69) is 0 Å². The molecular formula is C22H23NO5. The second-order valence-corrected chi connectivity index (χ2v) is 6.89. The Morgan fingerprint density at radius 2 is 1.89 bits per heavy atom. The summed E-state index contributed by atoms with van der Waals surface area (Å²) in [6.45, 7) is 5.66. The molecule has 2 amide bonds. The summed E-state index contributed by atoms with van der Waals surface area (Å²) in [5, 5.41) is 0. The van der Waals surface area contributed by atoms with E-state index in [1.165, 1.54) is 0 Å². The van der Waals surface area contributed by atoms with Gasteiger partial charge in [-0.2, -0.15) is 0 Å². The van der Waals surface area contributed by atoms with Crippen molar-refractivity contribution < 1.29 is 23.9 Å². The Morgan fingerprint density at radius 3 is 2.61 bits per heavy atom. The summed E-state index contributed by atoms with van der Waals surface area (Å²) in [6.07, 6.45) is -0.838. The van der Waals surface area contributed by atoms with E-state index in [0.717, 1.165) is 4.90 Å². The summed E-state index contributed by atoms with van der Waals surface area (Å²) < 4.78 is 11.3. The largest absolute Gasteiger partial charge is 0.494 e. The predicted molar refractivity (Wildman–Crippen MR) is 104 cm³/mol. The summed E-state index contributed by atoms with van der Waals surface area (Å²) in [5.74, 6) is -0.623. The summed E-state index contributed by atoms with van der Waals surface area (Å²) in [6, 6.07) is 13.4. The first kappa shape index (κ1) is 19.6. The Labute approximate surface area is 164 Å². The molecule has 0 radical (unpaired) electrons. The lowest BCUT2D eigenvalue weighted by atomic mass is 10.0. The topological polar surface area (TPSA) is 72.9 Å². The number of carbonyl (C=O) groups excluding carboxylic acids is 3. The maximum atomic E-state index is 13.0. The van der Waals surface area contributed by atoms with Crippen LogP contribution in [0.1, 0.15) is 41.5 Å². The average Bonchev–Trinajstić information content (AvgIpc) is 2.79. The van der Waals surface area contributed by atoms with Gasteiger partial charge in [0, 0.05) is 5.56 Å². The second kappa shape index (κ2) is 8.25. The molecule has 2 aromatic carbocycles. The Bertz CT molecular complexity index is 905. The van der Waals surface area contributed by atoms with Crippen molar-refractivity contribution in [1.29, 1.82) is 0 Å². The fourth-order valence-corrected chi connectivity index (χ4v) is 3.06. The highest BCUT2D eigenvalue weighted by atomic mass is 16.5. The first-order chi connectivity index (χ1) is 13.4. The van der Waals surface area contributed by atoms with Gasteiger partial charge in [-0.05, 0) is 37.1 Å². The molecule has 1 atom stereocenters. The minimum Gasteiger partial charge on any atom is -0.494 e. The number of hydrogen-bond acceptors (Lipinski definition) is 5. The molecule has 0 saturated heterocycles. The highest BCUT2D eigenvalue weighted by molar-refractivity contribution is 6.12. The van der Waals surface area contributed by atoms with Gasteiger partial charge in [0.25, 0.3) is 11.8 Å². The zero-order valence-electron chi connectivity index (χ0n) is 16.2. The van der Waals surface area contributed by atoms with Crippen LogP contribution in [0, 0.1) is 5.92 Å². The molecule has 0 aliphatic carbocycles. The Morgan fingerprint density at radius 1 is 1.14 bits per heavy atom. The number of Topliss-reactive ketones (excluding diaryl/α,β-unsaturated/α-hetero) is 1. The number of imide groups is 1. The monoisotopic (exact) mass is 381 g/mol. The molecule has 2 aromatic rings. The SMILES string of the molecule is CCOc1cccc(C(=O)CN2C(=O)c3ccccc3O[C@@H](C(C)C)C2=O)c1. The van der Waals surface area contributed by atoms with E-state index in [1.807, 2.05) is 20.8 Å². The summed E-state index contributed by atoms with van der Waals surface area (Å²) in [7, 11) is 0. The van der Waals surface area contributed by atoms with Crippen LogP contribution in [0.15, 0.2) is 48.5 Å². The molecule has 146 valence electrons. The van der Waals surface area contributed by atoms with Gasteiger partial charge in [0.15, 0.2) is 11.9 Å². The lowest BCUT2D eigenvalue weighted by molar-refractivity contribution is -0.136. The number of benzene rings is 2. The van der Waals surface area contributed by atoms with Crippen LogP contribution in [0.2, 0.25) is 0 Å². The quantitative estimate of drug-likeness (QED) is 0.567. The molecule has 28 heavy (non-hydrogen) atoms. The van der Waals surface area contributed by atoms with Crippen LogP contribution in [-0.2, 0) is 4.79 Å². The zero-order valence-corrected chi connectivity index (χ0v) is 16.2. The molecule has 0 unspecified atom stereocenters. The lowest BCUT2D eigenvalue weighted by Gasteiger charge is -2.24. The number of hydrogen-bond donors (Lipinski definition) is 0. The molecule has 0 N–H and O–H groups in total. The molecule has 1 aliphatic rings. The van der Waals surface area contributed by atoms with E-state index in [4.69, 9.17) is 9.47 Å². The minimum atomic E-state index is -0.838. The van der Waals surface area contributed by atoms with Gasteiger partial charge in [0.05, 0.1) is 18.7 Å². The first-order valence-corrected chi connectivity index (χ1v) is 9.29. The van der Waals surface area contributed by atoms with E-state index in [1.54, 1.807) is 48.5 Å². The van der Waals surface area contributed by atoms with Crippen molar-refractivity contribution in [2.75, 3.05) is 13.2 Å². The lowest BCUT2D eigenvalue weighted by Crippen LogP contribution is -2.47. The van der Waals surface area contributed by atoms with Crippen LogP contribution >= 0.6 is 0 Å². The molecule has 3 rings (SSSR count). The number of nitrogens with zero attached hydrogens (tertiary/aromatic N) is 1. The smallest absolute Gasteiger partial charge is 0.271 e. The van der Waals surface area contributed by atoms with Crippen molar-refractivity contribution in [3.8, 4) is 11.5 Å². The van der Waals surface area contributed by atoms with Crippen molar-refractivity contribution in [1.82, 2.24) is 4.90 Å². The molecule has 0 saturated carbocycles. The zero-order chi connectivity index (χ0) is 20.3. The number of rotatable bonds is 6. The normalized spacial score (nSPS) is 16.4. The maximum Gasteiger partial charge on any atom is 0.271 e. The third-order valence-electron chi connectivity index (χ3n) is 4.50. The van der Waals surface area contributed by atoms with Gasteiger partial charge in [-0.25, -0.2) is 0 Å². The number of para-hydroxylation sites is 1. The van der Waals surface area contributed by atoms with Gasteiger partial charge in [-0.1, -0.05) is 38.1 Å². The van der Waals surface area contributed by atoms with Crippen LogP contribution in [0.4, 0.5) is 0 Å². The third-order valence-corrected chi connectivity index (χ3v) is 4.50. The van der Waals surface area contributed by atoms with Gasteiger partial charge in [-0.3, -0.25) is 19.3 Å². The average molecular weight is 381 g/mol. The van der Waals surface area contributed by atoms with Gasteiger partial charge in [0.1, 0.15) is 11.5 Å². The van der Waals surface area contributed by atoms with Crippen molar-refractivity contribution in [3.63, 3.8) is 0 Å². The van der Waals surface area contributed by atoms with Gasteiger partial charge < -0.3 is 9.47 Å². The molecule has 0 spiro atoms. The van der Waals surface area contributed by atoms with E-state index < -0.39 is 17.9 Å². The summed E-state index contributed by atoms with van der Waals surface area (Å²) >= 11 is 0. The van der Waals surface area contributed by atoms with Crippen LogP contribution in [-0.4, -0.2) is 41.8 Å². The van der Waals surface area contributed by atoms with Crippen LogP contribution < -0.4 is 9.47 Å². The Balaban J connectivity index is 1.92. The fraction of sp³-hybridized carbons (Fsp3) is 0.318. The molecular weight excluding hydrogens is 358 g/mol. The van der Waals surface area contributed by atoms with Gasteiger partial charge in [-0.15, -0.1) is 0 Å². The van der Waals surface area contributed by atoms with E-state index in [0.29, 0.717) is 23.7 Å². The van der Waals surface area contributed by atoms with Crippen molar-refractivity contribution in [3.05, 3.63) is 59.7 Å². The third kappa shape index (κ3) is 3.91. The van der Waals surface area contributed by atoms with Crippen LogP contribution in [0.3, 0.4) is 0 Å². The maximum absolute atomic E-state index is 13.0.